The third-order valence-corrected chi connectivity index (χ3v) is 9.73. The Hall–Kier alpha value is -2.53. The van der Waals surface area contributed by atoms with Gasteiger partial charge in [0.15, 0.2) is 0 Å². The predicted octanol–water partition coefficient (Wildman–Crippen LogP) is 6.61. The van der Waals surface area contributed by atoms with E-state index in [-0.39, 0.29) is 17.7 Å². The number of benzene rings is 2. The second-order valence-corrected chi connectivity index (χ2v) is 13.4. The van der Waals surface area contributed by atoms with Crippen molar-refractivity contribution in [3.05, 3.63) is 78.4 Å². The molecule has 29 heavy (non-hydrogen) atoms. The number of hydrogen-bond donors (Lipinski definition) is 1. The van der Waals surface area contributed by atoms with Crippen molar-refractivity contribution in [3.8, 4) is 5.75 Å². The molecule has 4 nitrogen and oxygen atoms in total. The van der Waals surface area contributed by atoms with E-state index in [1.54, 1.807) is 6.08 Å². The largest absolute Gasteiger partial charge is 0.544 e. The predicted molar refractivity (Wildman–Crippen MR) is 122 cm³/mol. The van der Waals surface area contributed by atoms with E-state index in [1.807, 2.05) is 54.6 Å². The van der Waals surface area contributed by atoms with Gasteiger partial charge in [-0.3, -0.25) is 0 Å². The Morgan fingerprint density at radius 1 is 1.10 bits per heavy atom. The van der Waals surface area contributed by atoms with Crippen molar-refractivity contribution in [2.45, 2.75) is 58.0 Å². The van der Waals surface area contributed by atoms with E-state index in [0.717, 1.165) is 16.9 Å². The molecule has 0 aromatic heterocycles. The zero-order valence-electron chi connectivity index (χ0n) is 18.2. The first-order chi connectivity index (χ1) is 13.6. The van der Waals surface area contributed by atoms with Gasteiger partial charge in [-0.25, -0.2) is 4.79 Å². The number of nitrogens with one attached hydrogen (secondary N) is 1. The van der Waals surface area contributed by atoms with Gasteiger partial charge in [0.2, 0.25) is 8.32 Å². The fourth-order valence-electron chi connectivity index (χ4n) is 2.57. The summed E-state index contributed by atoms with van der Waals surface area (Å²) < 4.78 is 11.7. The topological polar surface area (TPSA) is 47.6 Å². The van der Waals surface area contributed by atoms with Gasteiger partial charge in [-0.2, -0.15) is 0 Å². The van der Waals surface area contributed by atoms with Gasteiger partial charge in [0.1, 0.15) is 12.4 Å². The highest BCUT2D eigenvalue weighted by Gasteiger charge is 2.38. The lowest BCUT2D eigenvalue weighted by atomic mass is 10.0. The molecule has 1 N–H and O–H groups in total. The summed E-state index contributed by atoms with van der Waals surface area (Å²) in [5.74, 6) is 0.865. The summed E-state index contributed by atoms with van der Waals surface area (Å²) in [4.78, 5) is 12.3. The normalized spacial score (nSPS) is 12.7. The average Bonchev–Trinajstić information content (AvgIpc) is 2.66. The molecule has 2 rings (SSSR count). The molecule has 2 aromatic carbocycles. The van der Waals surface area contributed by atoms with Crippen LogP contribution in [0.4, 0.5) is 4.79 Å². The van der Waals surface area contributed by atoms with Gasteiger partial charge in [0.05, 0.1) is 6.04 Å². The highest BCUT2D eigenvalue weighted by Crippen LogP contribution is 2.37. The smallest absolute Gasteiger partial charge is 0.407 e. The maximum Gasteiger partial charge on any atom is 0.407 e. The number of carbonyl (C=O) groups excluding carboxylic acids is 1. The molecule has 5 heteroatoms. The zero-order valence-corrected chi connectivity index (χ0v) is 19.2. The standard InChI is InChI=1S/C24H33NO3Si/c1-7-11-22(25-23(26)27-18-19-12-9-8-10-13-19)20-14-16-21(17-15-20)28-29(5,6)24(2,3)4/h7-10,12-17,22H,1,11,18H2,2-6H3,(H,25,26). The van der Waals surface area contributed by atoms with E-state index in [0.29, 0.717) is 6.42 Å². The molecule has 1 amide bonds. The molecule has 0 fully saturated rings. The van der Waals surface area contributed by atoms with E-state index < -0.39 is 14.4 Å². The van der Waals surface area contributed by atoms with E-state index in [4.69, 9.17) is 9.16 Å². The maximum absolute atomic E-state index is 12.3. The molecule has 1 unspecified atom stereocenters. The molecule has 2 aromatic rings. The Labute approximate surface area is 176 Å². The molecule has 1 atom stereocenters. The van der Waals surface area contributed by atoms with Gasteiger partial charge in [-0.15, -0.1) is 6.58 Å². The summed E-state index contributed by atoms with van der Waals surface area (Å²) >= 11 is 0. The molecule has 0 aliphatic heterocycles. The SMILES string of the molecule is C=CCC(NC(=O)OCc1ccccc1)c1ccc(O[Si](C)(C)C(C)(C)C)cc1. The first kappa shape index (κ1) is 22.8. The van der Waals surface area contributed by atoms with Gasteiger partial charge in [0.25, 0.3) is 0 Å². The van der Waals surface area contributed by atoms with Crippen LogP contribution in [0, 0.1) is 0 Å². The summed E-state index contributed by atoms with van der Waals surface area (Å²) in [6.07, 6.45) is 1.97. The Morgan fingerprint density at radius 3 is 2.28 bits per heavy atom. The van der Waals surface area contributed by atoms with Crippen LogP contribution in [0.5, 0.6) is 5.75 Å². The monoisotopic (exact) mass is 411 g/mol. The maximum atomic E-state index is 12.3. The van der Waals surface area contributed by atoms with E-state index in [2.05, 4.69) is 45.8 Å². The summed E-state index contributed by atoms with van der Waals surface area (Å²) in [6, 6.07) is 17.4. The van der Waals surface area contributed by atoms with Crippen LogP contribution in [0.15, 0.2) is 67.3 Å². The molecule has 0 saturated carbocycles. The van der Waals surface area contributed by atoms with Crippen molar-refractivity contribution >= 4 is 14.4 Å². The van der Waals surface area contributed by atoms with E-state index in [9.17, 15) is 4.79 Å². The van der Waals surface area contributed by atoms with Crippen LogP contribution >= 0.6 is 0 Å². The fourth-order valence-corrected chi connectivity index (χ4v) is 3.60. The Kier molecular flexibility index (Phi) is 7.68. The number of carbonyl (C=O) groups is 1. The van der Waals surface area contributed by atoms with Gasteiger partial charge in [0, 0.05) is 0 Å². The van der Waals surface area contributed by atoms with Crippen LogP contribution < -0.4 is 9.74 Å². The zero-order chi connectivity index (χ0) is 21.5. The second kappa shape index (κ2) is 9.79. The van der Waals surface area contributed by atoms with Crippen LogP contribution in [0.3, 0.4) is 0 Å². The Bertz CT molecular complexity index is 795. The van der Waals surface area contributed by atoms with Crippen molar-refractivity contribution in [1.82, 2.24) is 5.32 Å². The lowest BCUT2D eigenvalue weighted by Crippen LogP contribution is -2.43. The Balaban J connectivity index is 2.00. The lowest BCUT2D eigenvalue weighted by Gasteiger charge is -2.36. The molecule has 0 heterocycles. The van der Waals surface area contributed by atoms with Crippen molar-refractivity contribution in [3.63, 3.8) is 0 Å². The van der Waals surface area contributed by atoms with Crippen molar-refractivity contribution in [2.75, 3.05) is 0 Å². The quantitative estimate of drug-likeness (QED) is 0.392. The van der Waals surface area contributed by atoms with Gasteiger partial charge < -0.3 is 14.5 Å². The molecule has 0 aliphatic carbocycles. The molecular formula is C24H33NO3Si. The fraction of sp³-hybridized carbons (Fsp3) is 0.375. The number of rotatable bonds is 8. The van der Waals surface area contributed by atoms with Crippen molar-refractivity contribution in [2.24, 2.45) is 0 Å². The minimum absolute atomic E-state index is 0.140. The van der Waals surface area contributed by atoms with Gasteiger partial charge in [-0.1, -0.05) is 69.3 Å². The minimum atomic E-state index is -1.88. The van der Waals surface area contributed by atoms with Crippen LogP contribution in [0.1, 0.15) is 44.4 Å². The molecule has 0 bridgehead atoms. The summed E-state index contributed by atoms with van der Waals surface area (Å²) in [6.45, 7) is 15.2. The molecule has 156 valence electrons. The number of amides is 1. The first-order valence-electron chi connectivity index (χ1n) is 9.99. The van der Waals surface area contributed by atoms with Crippen molar-refractivity contribution < 1.29 is 14.0 Å². The van der Waals surface area contributed by atoms with E-state index >= 15 is 0 Å². The van der Waals surface area contributed by atoms with Crippen LogP contribution in [0.2, 0.25) is 18.1 Å². The second-order valence-electron chi connectivity index (χ2n) is 8.71. The van der Waals surface area contributed by atoms with Crippen LogP contribution in [-0.4, -0.2) is 14.4 Å². The number of hydrogen-bond acceptors (Lipinski definition) is 3. The third kappa shape index (κ3) is 6.78. The number of alkyl carbamates (subject to hydrolysis) is 1. The molecular weight excluding hydrogens is 378 g/mol. The van der Waals surface area contributed by atoms with Crippen LogP contribution in [-0.2, 0) is 11.3 Å². The van der Waals surface area contributed by atoms with E-state index in [1.165, 1.54) is 0 Å². The van der Waals surface area contributed by atoms with Crippen LogP contribution in [0.25, 0.3) is 0 Å². The van der Waals surface area contributed by atoms with Gasteiger partial charge >= 0.3 is 6.09 Å². The lowest BCUT2D eigenvalue weighted by molar-refractivity contribution is 0.135. The highest BCUT2D eigenvalue weighted by atomic mass is 28.4. The molecule has 0 radical (unpaired) electrons. The molecule has 0 spiro atoms. The van der Waals surface area contributed by atoms with Crippen molar-refractivity contribution in [1.29, 1.82) is 0 Å². The third-order valence-electron chi connectivity index (χ3n) is 5.37. The first-order valence-corrected chi connectivity index (χ1v) is 12.9. The summed E-state index contributed by atoms with van der Waals surface area (Å²) in [5, 5.41) is 3.07. The molecule has 0 aliphatic rings. The number of ether oxygens (including phenoxy) is 1. The average molecular weight is 412 g/mol. The summed E-state index contributed by atoms with van der Waals surface area (Å²) in [5.41, 5.74) is 1.94. The minimum Gasteiger partial charge on any atom is -0.544 e. The summed E-state index contributed by atoms with van der Waals surface area (Å²) in [7, 11) is -1.88. The van der Waals surface area contributed by atoms with Gasteiger partial charge in [-0.05, 0) is 47.8 Å². The highest BCUT2D eigenvalue weighted by molar-refractivity contribution is 6.74. The molecule has 0 saturated heterocycles. The Morgan fingerprint density at radius 2 is 1.72 bits per heavy atom.